The number of aromatic nitrogens is 1. The molecule has 0 aliphatic carbocycles. The molecule has 0 N–H and O–H groups in total. The van der Waals surface area contributed by atoms with Crippen molar-refractivity contribution in [2.45, 2.75) is 19.0 Å². The third-order valence-corrected chi connectivity index (χ3v) is 3.32. The van der Waals surface area contributed by atoms with Crippen molar-refractivity contribution in [2.24, 2.45) is 0 Å². The molecule has 0 radical (unpaired) electrons. The average molecular weight is 356 g/mol. The molecular formula is C10H8F3IN2O. The first kappa shape index (κ1) is 12.6. The van der Waals surface area contributed by atoms with Crippen LogP contribution < -0.4 is 4.90 Å². The normalized spacial score (nSPS) is 16.7. The summed E-state index contributed by atoms with van der Waals surface area (Å²) in [4.78, 5) is 16.3. The van der Waals surface area contributed by atoms with Crippen molar-refractivity contribution in [2.75, 3.05) is 11.4 Å². The maximum atomic E-state index is 12.6. The Balaban J connectivity index is 2.41. The Morgan fingerprint density at radius 1 is 1.35 bits per heavy atom. The highest BCUT2D eigenvalue weighted by atomic mass is 127. The molecule has 2 rings (SSSR count). The summed E-state index contributed by atoms with van der Waals surface area (Å²) in [7, 11) is 0. The van der Waals surface area contributed by atoms with Gasteiger partial charge in [-0.3, -0.25) is 9.69 Å². The van der Waals surface area contributed by atoms with E-state index < -0.39 is 11.9 Å². The van der Waals surface area contributed by atoms with Gasteiger partial charge in [-0.2, -0.15) is 13.2 Å². The predicted octanol–water partition coefficient (Wildman–Crippen LogP) is 2.83. The molecule has 1 aliphatic heterocycles. The average Bonchev–Trinajstić information content (AvgIpc) is 2.63. The number of carbonyl (C=O) groups is 1. The third-order valence-electron chi connectivity index (χ3n) is 2.45. The van der Waals surface area contributed by atoms with E-state index in [-0.39, 0.29) is 15.3 Å². The van der Waals surface area contributed by atoms with E-state index in [0.717, 1.165) is 0 Å². The number of amides is 1. The van der Waals surface area contributed by atoms with Gasteiger partial charge < -0.3 is 0 Å². The first-order chi connectivity index (χ1) is 7.89. The number of alkyl halides is 3. The summed E-state index contributed by atoms with van der Waals surface area (Å²) in [5.41, 5.74) is -0.935. The molecule has 1 aromatic heterocycles. The molecule has 1 aromatic rings. The van der Waals surface area contributed by atoms with Crippen LogP contribution in [0.25, 0.3) is 0 Å². The largest absolute Gasteiger partial charge is 0.434 e. The summed E-state index contributed by atoms with van der Waals surface area (Å²) < 4.78 is 38.0. The zero-order chi connectivity index (χ0) is 12.6. The summed E-state index contributed by atoms with van der Waals surface area (Å²) in [6, 6.07) is 2.78. The molecule has 0 saturated carbocycles. The molecule has 0 aromatic carbocycles. The van der Waals surface area contributed by atoms with E-state index in [1.54, 1.807) is 22.6 Å². The zero-order valence-corrected chi connectivity index (χ0v) is 10.7. The van der Waals surface area contributed by atoms with Gasteiger partial charge in [-0.1, -0.05) is 0 Å². The fraction of sp³-hybridized carbons (Fsp3) is 0.400. The minimum absolute atomic E-state index is 0.0329. The van der Waals surface area contributed by atoms with Crippen molar-refractivity contribution in [3.8, 4) is 0 Å². The van der Waals surface area contributed by atoms with Gasteiger partial charge in [-0.25, -0.2) is 4.98 Å². The van der Waals surface area contributed by atoms with Gasteiger partial charge in [0.1, 0.15) is 5.82 Å². The monoisotopic (exact) mass is 356 g/mol. The van der Waals surface area contributed by atoms with E-state index in [0.29, 0.717) is 19.4 Å². The summed E-state index contributed by atoms with van der Waals surface area (Å²) in [6.07, 6.45) is -3.46. The molecule has 0 unspecified atom stereocenters. The summed E-state index contributed by atoms with van der Waals surface area (Å²) in [5.74, 6) is -0.0907. The number of anilines is 1. The number of carbonyl (C=O) groups excluding carboxylic acids is 1. The SMILES string of the molecule is O=C1CCCN1c1ccc(I)c(C(F)(F)F)n1. The smallest absolute Gasteiger partial charge is 0.297 e. The van der Waals surface area contributed by atoms with E-state index in [9.17, 15) is 18.0 Å². The number of pyridine rings is 1. The lowest BCUT2D eigenvalue weighted by Crippen LogP contribution is -2.26. The van der Waals surface area contributed by atoms with Crippen LogP contribution in [0.1, 0.15) is 18.5 Å². The second-order valence-corrected chi connectivity index (χ2v) is 4.81. The van der Waals surface area contributed by atoms with Crippen LogP contribution in [0.2, 0.25) is 0 Å². The lowest BCUT2D eigenvalue weighted by Gasteiger charge is -2.17. The van der Waals surface area contributed by atoms with Crippen molar-refractivity contribution in [1.82, 2.24) is 4.98 Å². The molecule has 0 atom stereocenters. The quantitative estimate of drug-likeness (QED) is 0.726. The molecular weight excluding hydrogens is 348 g/mol. The Morgan fingerprint density at radius 2 is 2.06 bits per heavy atom. The molecule has 3 nitrogen and oxygen atoms in total. The Kier molecular flexibility index (Phi) is 3.28. The minimum Gasteiger partial charge on any atom is -0.297 e. The van der Waals surface area contributed by atoms with Gasteiger partial charge >= 0.3 is 6.18 Å². The van der Waals surface area contributed by atoms with Gasteiger partial charge in [0.15, 0.2) is 5.69 Å². The second-order valence-electron chi connectivity index (χ2n) is 3.65. The predicted molar refractivity (Wildman–Crippen MR) is 63.5 cm³/mol. The van der Waals surface area contributed by atoms with Gasteiger partial charge in [-0.15, -0.1) is 0 Å². The second kappa shape index (κ2) is 4.43. The summed E-state index contributed by atoms with van der Waals surface area (Å²) in [5, 5.41) is 0. The van der Waals surface area contributed by atoms with Crippen LogP contribution in [0.15, 0.2) is 12.1 Å². The lowest BCUT2D eigenvalue weighted by molar-refractivity contribution is -0.141. The van der Waals surface area contributed by atoms with Crippen molar-refractivity contribution in [3.63, 3.8) is 0 Å². The third kappa shape index (κ3) is 2.53. The van der Waals surface area contributed by atoms with E-state index in [1.807, 2.05) is 0 Å². The molecule has 0 spiro atoms. The van der Waals surface area contributed by atoms with Crippen LogP contribution in [-0.4, -0.2) is 17.4 Å². The van der Waals surface area contributed by atoms with E-state index in [1.165, 1.54) is 17.0 Å². The van der Waals surface area contributed by atoms with E-state index >= 15 is 0 Å². The highest BCUT2D eigenvalue weighted by molar-refractivity contribution is 14.1. The molecule has 2 heterocycles. The molecule has 7 heteroatoms. The lowest BCUT2D eigenvalue weighted by atomic mass is 10.3. The highest BCUT2D eigenvalue weighted by Crippen LogP contribution is 2.33. The first-order valence-electron chi connectivity index (χ1n) is 4.93. The van der Waals surface area contributed by atoms with E-state index in [2.05, 4.69) is 4.98 Å². The van der Waals surface area contributed by atoms with Crippen LogP contribution in [0.4, 0.5) is 19.0 Å². The Morgan fingerprint density at radius 3 is 2.59 bits per heavy atom. The number of rotatable bonds is 1. The molecule has 1 fully saturated rings. The van der Waals surface area contributed by atoms with Crippen LogP contribution in [0.3, 0.4) is 0 Å². The Bertz CT molecular complexity index is 461. The van der Waals surface area contributed by atoms with Crippen LogP contribution in [0, 0.1) is 3.57 Å². The van der Waals surface area contributed by atoms with Gasteiger partial charge in [-0.05, 0) is 41.1 Å². The minimum atomic E-state index is -4.49. The Hall–Kier alpha value is -0.860. The van der Waals surface area contributed by atoms with Gasteiger partial charge in [0.05, 0.1) is 0 Å². The number of hydrogen-bond acceptors (Lipinski definition) is 2. The Labute approximate surface area is 109 Å². The van der Waals surface area contributed by atoms with Crippen LogP contribution in [0.5, 0.6) is 0 Å². The zero-order valence-electron chi connectivity index (χ0n) is 8.59. The maximum absolute atomic E-state index is 12.6. The van der Waals surface area contributed by atoms with Crippen molar-refractivity contribution in [3.05, 3.63) is 21.4 Å². The fourth-order valence-corrected chi connectivity index (χ4v) is 2.28. The summed E-state index contributed by atoms with van der Waals surface area (Å²) >= 11 is 1.58. The molecule has 1 saturated heterocycles. The molecule has 17 heavy (non-hydrogen) atoms. The standard InChI is InChI=1S/C10H8F3IN2O/c11-10(12,13)9-6(14)3-4-7(15-9)16-5-1-2-8(16)17/h3-4H,1-2,5H2. The summed E-state index contributed by atoms with van der Waals surface area (Å²) in [6.45, 7) is 0.434. The van der Waals surface area contributed by atoms with Crippen molar-refractivity contribution < 1.29 is 18.0 Å². The fourth-order valence-electron chi connectivity index (χ4n) is 1.67. The van der Waals surface area contributed by atoms with Crippen molar-refractivity contribution in [1.29, 1.82) is 0 Å². The molecule has 1 aliphatic rings. The van der Waals surface area contributed by atoms with Crippen LogP contribution in [-0.2, 0) is 11.0 Å². The molecule has 92 valence electrons. The molecule has 1 amide bonds. The van der Waals surface area contributed by atoms with Gasteiger partial charge in [0.25, 0.3) is 0 Å². The van der Waals surface area contributed by atoms with Gasteiger partial charge in [0.2, 0.25) is 5.91 Å². The number of nitrogens with zero attached hydrogens (tertiary/aromatic N) is 2. The van der Waals surface area contributed by atoms with E-state index in [4.69, 9.17) is 0 Å². The topological polar surface area (TPSA) is 33.2 Å². The van der Waals surface area contributed by atoms with Crippen molar-refractivity contribution >= 4 is 34.3 Å². The number of hydrogen-bond donors (Lipinski definition) is 0. The first-order valence-corrected chi connectivity index (χ1v) is 6.01. The van der Waals surface area contributed by atoms with Gasteiger partial charge in [0, 0.05) is 16.5 Å². The maximum Gasteiger partial charge on any atom is 0.434 e. The van der Waals surface area contributed by atoms with Crippen LogP contribution >= 0.6 is 22.6 Å². The highest BCUT2D eigenvalue weighted by Gasteiger charge is 2.36. The molecule has 0 bridgehead atoms. The number of halogens is 4.